The van der Waals surface area contributed by atoms with Gasteiger partial charge in [-0.1, -0.05) is 135 Å². The van der Waals surface area contributed by atoms with E-state index in [2.05, 4.69) is 176 Å². The van der Waals surface area contributed by atoms with Crippen LogP contribution in [0.2, 0.25) is 0 Å². The van der Waals surface area contributed by atoms with Crippen molar-refractivity contribution in [1.82, 2.24) is 9.55 Å². The highest BCUT2D eigenvalue weighted by atomic mass is 15.1. The molecule has 0 amide bonds. The number of para-hydroxylation sites is 3. The Hall–Kier alpha value is -5.99. The monoisotopic (exact) mass is 612 g/mol. The summed E-state index contributed by atoms with van der Waals surface area (Å²) in [7, 11) is 0. The van der Waals surface area contributed by atoms with Crippen molar-refractivity contribution >= 4 is 43.4 Å². The molecular formula is C46H32N2. The van der Waals surface area contributed by atoms with E-state index in [0.717, 1.165) is 28.1 Å². The molecule has 0 N–H and O–H groups in total. The summed E-state index contributed by atoms with van der Waals surface area (Å²) in [5, 5.41) is 7.91. The summed E-state index contributed by atoms with van der Waals surface area (Å²) in [5.41, 5.74) is 12.1. The molecule has 1 heterocycles. The van der Waals surface area contributed by atoms with E-state index in [1.807, 2.05) is 0 Å². The molecule has 9 aromatic rings. The molecule has 1 aromatic heterocycles. The molecule has 0 saturated carbocycles. The summed E-state index contributed by atoms with van der Waals surface area (Å²) in [6.45, 7) is 4.83. The average Bonchev–Trinajstić information content (AvgIpc) is 3.65. The standard InChI is InChI=1S/C46H32N2/c1-46(2)43-36-23-10-8-21-34(36)38(28-39(43)42-35-22-9-6-19-32(35)33-20-7-11-24-37(33)44(42)46)29-15-14-16-30(27-29)45-47-40-25-12-13-26-41(40)48(45)31-17-4-3-5-18-31/h3-28H,1-2H3. The Morgan fingerprint density at radius 2 is 1.04 bits per heavy atom. The van der Waals surface area contributed by atoms with E-state index in [0.29, 0.717) is 0 Å². The van der Waals surface area contributed by atoms with E-state index in [9.17, 15) is 0 Å². The average molecular weight is 613 g/mol. The van der Waals surface area contributed by atoms with Gasteiger partial charge >= 0.3 is 0 Å². The van der Waals surface area contributed by atoms with Crippen molar-refractivity contribution in [3.8, 4) is 39.3 Å². The molecule has 1 aliphatic rings. The van der Waals surface area contributed by atoms with Crippen LogP contribution in [0.4, 0.5) is 0 Å². The van der Waals surface area contributed by atoms with Gasteiger partial charge in [-0.05, 0) is 102 Å². The number of fused-ring (bicyclic) bond motifs is 11. The summed E-state index contributed by atoms with van der Waals surface area (Å²) in [5.74, 6) is 0.943. The topological polar surface area (TPSA) is 17.8 Å². The van der Waals surface area contributed by atoms with Crippen LogP contribution in [0.1, 0.15) is 25.0 Å². The first-order valence-electron chi connectivity index (χ1n) is 16.7. The highest BCUT2D eigenvalue weighted by Crippen LogP contribution is 2.57. The fourth-order valence-corrected chi connectivity index (χ4v) is 8.56. The van der Waals surface area contributed by atoms with E-state index in [4.69, 9.17) is 4.98 Å². The van der Waals surface area contributed by atoms with Gasteiger partial charge in [-0.2, -0.15) is 0 Å². The van der Waals surface area contributed by atoms with Crippen molar-refractivity contribution in [2.75, 3.05) is 0 Å². The molecule has 0 saturated heterocycles. The van der Waals surface area contributed by atoms with Crippen molar-refractivity contribution in [1.29, 1.82) is 0 Å². The highest BCUT2D eigenvalue weighted by molar-refractivity contribution is 6.20. The maximum Gasteiger partial charge on any atom is 0.145 e. The van der Waals surface area contributed by atoms with Crippen LogP contribution >= 0.6 is 0 Å². The summed E-state index contributed by atoms with van der Waals surface area (Å²) < 4.78 is 2.28. The van der Waals surface area contributed by atoms with Crippen LogP contribution < -0.4 is 0 Å². The minimum Gasteiger partial charge on any atom is -0.292 e. The fourth-order valence-electron chi connectivity index (χ4n) is 8.56. The molecule has 2 nitrogen and oxygen atoms in total. The zero-order valence-corrected chi connectivity index (χ0v) is 26.9. The van der Waals surface area contributed by atoms with Gasteiger partial charge in [-0.25, -0.2) is 4.98 Å². The lowest BCUT2D eigenvalue weighted by Crippen LogP contribution is -2.16. The predicted octanol–water partition coefficient (Wildman–Crippen LogP) is 12.1. The number of hydrogen-bond donors (Lipinski definition) is 0. The second-order valence-corrected chi connectivity index (χ2v) is 13.5. The SMILES string of the molecule is CC1(C)c2c(cc(-c3cccc(-c4nc5ccccc5n4-c4ccccc4)c3)c3ccccc23)-c2c1c1ccccc1c1ccccc21. The molecule has 0 atom stereocenters. The van der Waals surface area contributed by atoms with Crippen molar-refractivity contribution in [3.05, 3.63) is 169 Å². The molecule has 0 aliphatic heterocycles. The first-order valence-corrected chi connectivity index (χ1v) is 16.7. The van der Waals surface area contributed by atoms with Crippen LogP contribution in [0.3, 0.4) is 0 Å². The van der Waals surface area contributed by atoms with Gasteiger partial charge in [0.1, 0.15) is 5.82 Å². The van der Waals surface area contributed by atoms with Crippen LogP contribution in [-0.4, -0.2) is 9.55 Å². The molecule has 0 unspecified atom stereocenters. The van der Waals surface area contributed by atoms with Gasteiger partial charge in [0.2, 0.25) is 0 Å². The number of aromatic nitrogens is 2. The van der Waals surface area contributed by atoms with Gasteiger partial charge in [0, 0.05) is 16.7 Å². The Morgan fingerprint density at radius 3 is 1.81 bits per heavy atom. The van der Waals surface area contributed by atoms with Crippen LogP contribution in [0, 0.1) is 0 Å². The summed E-state index contributed by atoms with van der Waals surface area (Å²) in [6.07, 6.45) is 0. The molecule has 10 rings (SSSR count). The Kier molecular flexibility index (Phi) is 5.66. The number of hydrogen-bond acceptors (Lipinski definition) is 1. The third-order valence-electron chi connectivity index (χ3n) is 10.5. The Labute approximate surface area is 279 Å². The molecular weight excluding hydrogens is 581 g/mol. The number of nitrogens with zero attached hydrogens (tertiary/aromatic N) is 2. The maximum absolute atomic E-state index is 5.19. The molecule has 0 radical (unpaired) electrons. The fraction of sp³-hybridized carbons (Fsp3) is 0.0652. The zero-order chi connectivity index (χ0) is 32.0. The third kappa shape index (κ3) is 3.72. The minimum atomic E-state index is -0.172. The van der Waals surface area contributed by atoms with Crippen LogP contribution in [0.25, 0.3) is 82.7 Å². The van der Waals surface area contributed by atoms with Crippen molar-refractivity contribution in [2.24, 2.45) is 0 Å². The lowest BCUT2D eigenvalue weighted by molar-refractivity contribution is 0.672. The molecule has 48 heavy (non-hydrogen) atoms. The van der Waals surface area contributed by atoms with Gasteiger partial charge < -0.3 is 0 Å². The van der Waals surface area contributed by atoms with Crippen molar-refractivity contribution in [2.45, 2.75) is 19.3 Å². The first kappa shape index (κ1) is 27.2. The maximum atomic E-state index is 5.19. The Bertz CT molecular complexity index is 2750. The molecule has 2 heteroatoms. The third-order valence-corrected chi connectivity index (χ3v) is 10.5. The summed E-state index contributed by atoms with van der Waals surface area (Å²) in [6, 6.07) is 57.3. The Balaban J connectivity index is 1.26. The zero-order valence-electron chi connectivity index (χ0n) is 26.9. The first-order chi connectivity index (χ1) is 23.6. The van der Waals surface area contributed by atoms with Crippen LogP contribution in [0.5, 0.6) is 0 Å². The minimum absolute atomic E-state index is 0.172. The quantitative estimate of drug-likeness (QED) is 0.182. The Morgan fingerprint density at radius 1 is 0.458 bits per heavy atom. The molecule has 0 fully saturated rings. The number of rotatable bonds is 3. The van der Waals surface area contributed by atoms with Gasteiger partial charge in [0.25, 0.3) is 0 Å². The van der Waals surface area contributed by atoms with Gasteiger partial charge in [0.05, 0.1) is 11.0 Å². The normalized spacial score (nSPS) is 13.4. The van der Waals surface area contributed by atoms with E-state index in [1.54, 1.807) is 0 Å². The lowest BCUT2D eigenvalue weighted by Gasteiger charge is -2.25. The second-order valence-electron chi connectivity index (χ2n) is 13.5. The molecule has 226 valence electrons. The number of benzene rings is 8. The smallest absolute Gasteiger partial charge is 0.145 e. The number of imidazole rings is 1. The van der Waals surface area contributed by atoms with Crippen molar-refractivity contribution < 1.29 is 0 Å². The van der Waals surface area contributed by atoms with E-state index in [-0.39, 0.29) is 5.41 Å². The van der Waals surface area contributed by atoms with Gasteiger partial charge in [0.15, 0.2) is 0 Å². The predicted molar refractivity (Wildman–Crippen MR) is 202 cm³/mol. The molecule has 0 bridgehead atoms. The molecule has 1 aliphatic carbocycles. The largest absolute Gasteiger partial charge is 0.292 e. The summed E-state index contributed by atoms with van der Waals surface area (Å²) in [4.78, 5) is 5.19. The van der Waals surface area contributed by atoms with Crippen molar-refractivity contribution in [3.63, 3.8) is 0 Å². The van der Waals surface area contributed by atoms with Crippen LogP contribution in [-0.2, 0) is 5.41 Å². The second kappa shape index (κ2) is 10.0. The van der Waals surface area contributed by atoms with Gasteiger partial charge in [-0.15, -0.1) is 0 Å². The van der Waals surface area contributed by atoms with E-state index >= 15 is 0 Å². The molecule has 0 spiro atoms. The van der Waals surface area contributed by atoms with E-state index < -0.39 is 0 Å². The summed E-state index contributed by atoms with van der Waals surface area (Å²) >= 11 is 0. The van der Waals surface area contributed by atoms with Gasteiger partial charge in [-0.3, -0.25) is 4.57 Å². The molecule has 8 aromatic carbocycles. The highest BCUT2D eigenvalue weighted by Gasteiger charge is 2.40. The lowest BCUT2D eigenvalue weighted by atomic mass is 9.77. The van der Waals surface area contributed by atoms with Crippen LogP contribution in [0.15, 0.2) is 158 Å². The van der Waals surface area contributed by atoms with E-state index in [1.165, 1.54) is 65.7 Å².